The van der Waals surface area contributed by atoms with Gasteiger partial charge in [0.05, 0.1) is 12.0 Å². The molecule has 1 aromatic heterocycles. The number of nitrogens with zero attached hydrogens (tertiary/aromatic N) is 2. The van der Waals surface area contributed by atoms with E-state index in [1.807, 2.05) is 13.3 Å². The fraction of sp³-hybridized carbons (Fsp3) is 0.571. The molecule has 0 aliphatic heterocycles. The average molecular weight is 122 g/mol. The molecular formula is C7H10N2. The molecule has 0 aromatic carbocycles. The van der Waals surface area contributed by atoms with Gasteiger partial charge in [-0.05, 0) is 19.8 Å². The molecule has 0 radical (unpaired) electrons. The minimum atomic E-state index is 0.784. The van der Waals surface area contributed by atoms with E-state index in [1.54, 1.807) is 0 Å². The zero-order valence-corrected chi connectivity index (χ0v) is 5.54. The Morgan fingerprint density at radius 3 is 2.89 bits per heavy atom. The van der Waals surface area contributed by atoms with Crippen LogP contribution in [0.3, 0.4) is 0 Å². The standard InChI is InChI=1S/C7H10N2/c1-6-4-9(5-8-6)7-2-3-7/h4-5,7H,2-3H2,1H3. The third-order valence-electron chi connectivity index (χ3n) is 1.70. The lowest BCUT2D eigenvalue weighted by atomic mass is 10.5. The molecule has 2 nitrogen and oxygen atoms in total. The van der Waals surface area contributed by atoms with Crippen molar-refractivity contribution in [2.75, 3.05) is 0 Å². The summed E-state index contributed by atoms with van der Waals surface area (Å²) in [6.07, 6.45) is 6.72. The lowest BCUT2D eigenvalue weighted by Crippen LogP contribution is -1.86. The number of hydrogen-bond acceptors (Lipinski definition) is 1. The van der Waals surface area contributed by atoms with Crippen LogP contribution >= 0.6 is 0 Å². The van der Waals surface area contributed by atoms with Crippen LogP contribution in [0.5, 0.6) is 0 Å². The summed E-state index contributed by atoms with van der Waals surface area (Å²) in [5.74, 6) is 0. The summed E-state index contributed by atoms with van der Waals surface area (Å²) < 4.78 is 2.20. The van der Waals surface area contributed by atoms with E-state index in [-0.39, 0.29) is 0 Å². The summed E-state index contributed by atoms with van der Waals surface area (Å²) in [7, 11) is 0. The Labute approximate surface area is 54.5 Å². The molecule has 1 saturated carbocycles. The lowest BCUT2D eigenvalue weighted by Gasteiger charge is -1.92. The van der Waals surface area contributed by atoms with Crippen LogP contribution in [0.25, 0.3) is 0 Å². The number of aryl methyl sites for hydroxylation is 1. The van der Waals surface area contributed by atoms with Crippen molar-refractivity contribution in [3.05, 3.63) is 18.2 Å². The Morgan fingerprint density at radius 2 is 2.44 bits per heavy atom. The highest BCUT2D eigenvalue weighted by Gasteiger charge is 2.22. The third-order valence-corrected chi connectivity index (χ3v) is 1.70. The second-order valence-corrected chi connectivity index (χ2v) is 2.69. The Bertz CT molecular complexity index is 210. The first-order chi connectivity index (χ1) is 4.36. The number of hydrogen-bond donors (Lipinski definition) is 0. The van der Waals surface area contributed by atoms with Crippen LogP contribution in [-0.2, 0) is 0 Å². The summed E-state index contributed by atoms with van der Waals surface area (Å²) in [6, 6.07) is 0.784. The summed E-state index contributed by atoms with van der Waals surface area (Å²) in [4.78, 5) is 4.14. The first kappa shape index (κ1) is 5.03. The molecule has 0 bridgehead atoms. The zero-order valence-electron chi connectivity index (χ0n) is 5.54. The second kappa shape index (κ2) is 1.59. The van der Waals surface area contributed by atoms with Crippen molar-refractivity contribution in [1.29, 1.82) is 0 Å². The molecule has 9 heavy (non-hydrogen) atoms. The first-order valence-electron chi connectivity index (χ1n) is 3.36. The van der Waals surface area contributed by atoms with Gasteiger partial charge in [-0.25, -0.2) is 4.98 Å². The van der Waals surface area contributed by atoms with Crippen molar-refractivity contribution in [3.63, 3.8) is 0 Å². The van der Waals surface area contributed by atoms with Crippen LogP contribution < -0.4 is 0 Å². The molecule has 48 valence electrons. The molecule has 2 rings (SSSR count). The molecular weight excluding hydrogens is 112 g/mol. The Morgan fingerprint density at radius 1 is 1.67 bits per heavy atom. The summed E-state index contributed by atoms with van der Waals surface area (Å²) in [5.41, 5.74) is 1.13. The SMILES string of the molecule is Cc1cn(C2CC2)cn1. The van der Waals surface area contributed by atoms with Gasteiger partial charge in [0.1, 0.15) is 0 Å². The van der Waals surface area contributed by atoms with Crippen molar-refractivity contribution >= 4 is 0 Å². The number of rotatable bonds is 1. The van der Waals surface area contributed by atoms with E-state index < -0.39 is 0 Å². The highest BCUT2D eigenvalue weighted by atomic mass is 15.1. The Balaban J connectivity index is 2.28. The lowest BCUT2D eigenvalue weighted by molar-refractivity contribution is 0.740. The molecule has 0 spiro atoms. The molecule has 1 fully saturated rings. The summed E-state index contributed by atoms with van der Waals surface area (Å²) in [5, 5.41) is 0. The topological polar surface area (TPSA) is 17.8 Å². The van der Waals surface area contributed by atoms with Crippen LogP contribution in [0.15, 0.2) is 12.5 Å². The van der Waals surface area contributed by atoms with Crippen LogP contribution in [0.4, 0.5) is 0 Å². The smallest absolute Gasteiger partial charge is 0.0951 e. The van der Waals surface area contributed by atoms with E-state index in [0.717, 1.165) is 11.7 Å². The van der Waals surface area contributed by atoms with E-state index in [0.29, 0.717) is 0 Å². The summed E-state index contributed by atoms with van der Waals surface area (Å²) >= 11 is 0. The predicted octanol–water partition coefficient (Wildman–Crippen LogP) is 1.53. The van der Waals surface area contributed by atoms with Gasteiger partial charge in [0.15, 0.2) is 0 Å². The van der Waals surface area contributed by atoms with Crippen molar-refractivity contribution in [3.8, 4) is 0 Å². The minimum absolute atomic E-state index is 0.784. The molecule has 1 aliphatic rings. The summed E-state index contributed by atoms with van der Waals surface area (Å²) in [6.45, 7) is 2.03. The quantitative estimate of drug-likeness (QED) is 0.552. The fourth-order valence-electron chi connectivity index (χ4n) is 1.01. The number of aromatic nitrogens is 2. The highest BCUT2D eigenvalue weighted by molar-refractivity contribution is 4.97. The van der Waals surface area contributed by atoms with Gasteiger partial charge >= 0.3 is 0 Å². The van der Waals surface area contributed by atoms with Gasteiger partial charge in [0.25, 0.3) is 0 Å². The maximum Gasteiger partial charge on any atom is 0.0951 e. The average Bonchev–Trinajstić information content (AvgIpc) is 2.58. The molecule has 1 heterocycles. The first-order valence-corrected chi connectivity index (χ1v) is 3.36. The van der Waals surface area contributed by atoms with E-state index in [2.05, 4.69) is 15.7 Å². The second-order valence-electron chi connectivity index (χ2n) is 2.69. The van der Waals surface area contributed by atoms with Gasteiger partial charge < -0.3 is 4.57 Å². The van der Waals surface area contributed by atoms with Crippen molar-refractivity contribution in [2.45, 2.75) is 25.8 Å². The third kappa shape index (κ3) is 0.846. The normalized spacial score (nSPS) is 18.3. The molecule has 1 aliphatic carbocycles. The molecule has 0 amide bonds. The van der Waals surface area contributed by atoms with E-state index >= 15 is 0 Å². The Hall–Kier alpha value is -0.790. The van der Waals surface area contributed by atoms with Crippen LogP contribution in [0, 0.1) is 6.92 Å². The predicted molar refractivity (Wildman–Crippen MR) is 35.2 cm³/mol. The monoisotopic (exact) mass is 122 g/mol. The van der Waals surface area contributed by atoms with Crippen molar-refractivity contribution < 1.29 is 0 Å². The highest BCUT2D eigenvalue weighted by Crippen LogP contribution is 2.34. The van der Waals surface area contributed by atoms with E-state index in [1.165, 1.54) is 12.8 Å². The maximum atomic E-state index is 4.14. The van der Waals surface area contributed by atoms with Crippen molar-refractivity contribution in [1.82, 2.24) is 9.55 Å². The van der Waals surface area contributed by atoms with Crippen LogP contribution in [0.2, 0.25) is 0 Å². The van der Waals surface area contributed by atoms with Crippen LogP contribution in [0.1, 0.15) is 24.6 Å². The molecule has 2 heteroatoms. The van der Waals surface area contributed by atoms with Gasteiger partial charge in [-0.3, -0.25) is 0 Å². The molecule has 0 unspecified atom stereocenters. The Kier molecular flexibility index (Phi) is 0.891. The fourth-order valence-corrected chi connectivity index (χ4v) is 1.01. The van der Waals surface area contributed by atoms with Gasteiger partial charge in [0, 0.05) is 12.2 Å². The van der Waals surface area contributed by atoms with Gasteiger partial charge in [-0.2, -0.15) is 0 Å². The molecule has 0 N–H and O–H groups in total. The van der Waals surface area contributed by atoms with E-state index in [4.69, 9.17) is 0 Å². The molecule has 0 saturated heterocycles. The van der Waals surface area contributed by atoms with Gasteiger partial charge in [0.2, 0.25) is 0 Å². The van der Waals surface area contributed by atoms with Gasteiger partial charge in [-0.1, -0.05) is 0 Å². The molecule has 1 aromatic rings. The minimum Gasteiger partial charge on any atom is -0.334 e. The van der Waals surface area contributed by atoms with Crippen LogP contribution in [-0.4, -0.2) is 9.55 Å². The zero-order chi connectivity index (χ0) is 6.27. The largest absolute Gasteiger partial charge is 0.334 e. The maximum absolute atomic E-state index is 4.14. The van der Waals surface area contributed by atoms with E-state index in [9.17, 15) is 0 Å². The van der Waals surface area contributed by atoms with Gasteiger partial charge in [-0.15, -0.1) is 0 Å². The molecule has 0 atom stereocenters. The number of imidazole rings is 1. The van der Waals surface area contributed by atoms with Crippen molar-refractivity contribution in [2.24, 2.45) is 0 Å².